The van der Waals surface area contributed by atoms with E-state index in [-0.39, 0.29) is 26.6 Å². The highest BCUT2D eigenvalue weighted by Crippen LogP contribution is 2.35. The zero-order valence-electron chi connectivity index (χ0n) is 25.3. The first-order valence-corrected chi connectivity index (χ1v) is 15.6. The van der Waals surface area contributed by atoms with Crippen LogP contribution in [0, 0.1) is 0 Å². The summed E-state index contributed by atoms with van der Waals surface area (Å²) in [6, 6.07) is 10.5. The molecule has 0 aliphatic carbocycles. The molecule has 1 aliphatic heterocycles. The predicted octanol–water partition coefficient (Wildman–Crippen LogP) is 6.14. The van der Waals surface area contributed by atoms with Crippen LogP contribution in [0.2, 0.25) is 10.0 Å². The molecule has 0 spiro atoms. The van der Waals surface area contributed by atoms with Crippen LogP contribution in [0.4, 0.5) is 10.5 Å². The lowest BCUT2D eigenvalue weighted by molar-refractivity contribution is -0.135. The molecule has 1 aliphatic rings. The second-order valence-corrected chi connectivity index (χ2v) is 12.6. The summed E-state index contributed by atoms with van der Waals surface area (Å²) >= 11 is 12.9. The summed E-state index contributed by atoms with van der Waals surface area (Å²) in [5, 5.41) is 6.01. The number of thioether (sulfide) groups is 1. The molecule has 0 atom stereocenters. The van der Waals surface area contributed by atoms with Crippen molar-refractivity contribution < 1.29 is 33.4 Å². The Morgan fingerprint density at radius 2 is 1.60 bits per heavy atom. The maximum absolute atomic E-state index is 13.3. The van der Waals surface area contributed by atoms with E-state index < -0.39 is 29.5 Å². The molecule has 2 N–H and O–H groups in total. The summed E-state index contributed by atoms with van der Waals surface area (Å²) in [4.78, 5) is 67.7. The van der Waals surface area contributed by atoms with Crippen molar-refractivity contribution in [2.45, 2.75) is 52.1 Å². The van der Waals surface area contributed by atoms with Gasteiger partial charge < -0.3 is 20.1 Å². The van der Waals surface area contributed by atoms with Gasteiger partial charge in [-0.25, -0.2) is 9.59 Å². The largest absolute Gasteiger partial charge is 0.466 e. The fourth-order valence-electron chi connectivity index (χ4n) is 3.93. The number of anilines is 1. The minimum absolute atomic E-state index is 0.00181. The molecule has 2 aromatic carbocycles. The minimum atomic E-state index is -0.747. The van der Waals surface area contributed by atoms with E-state index in [1.165, 1.54) is 30.2 Å². The van der Waals surface area contributed by atoms with Gasteiger partial charge in [-0.2, -0.15) is 4.99 Å². The van der Waals surface area contributed by atoms with E-state index in [9.17, 15) is 24.0 Å². The lowest BCUT2D eigenvalue weighted by Gasteiger charge is -2.19. The van der Waals surface area contributed by atoms with Crippen molar-refractivity contribution in [3.05, 3.63) is 74.6 Å². The number of rotatable bonds is 11. The van der Waals surface area contributed by atoms with Gasteiger partial charge in [-0.05, 0) is 87.8 Å². The van der Waals surface area contributed by atoms with Crippen molar-refractivity contribution in [1.82, 2.24) is 10.6 Å². The molecule has 4 amide bonds. The number of halogens is 2. The molecule has 3 rings (SSSR count). The summed E-state index contributed by atoms with van der Waals surface area (Å²) < 4.78 is 9.84. The van der Waals surface area contributed by atoms with E-state index in [0.29, 0.717) is 29.4 Å². The van der Waals surface area contributed by atoms with E-state index in [1.54, 1.807) is 45.0 Å². The Bertz CT molecular complexity index is 1500. The number of nitrogens with zero attached hydrogens (tertiary/aromatic N) is 2. The third-order valence-electron chi connectivity index (χ3n) is 6.06. The van der Waals surface area contributed by atoms with Crippen LogP contribution in [0.3, 0.4) is 0 Å². The Morgan fingerprint density at radius 1 is 0.956 bits per heavy atom. The summed E-state index contributed by atoms with van der Waals surface area (Å²) in [6.07, 6.45) is 3.88. The van der Waals surface area contributed by atoms with Crippen molar-refractivity contribution in [1.29, 1.82) is 0 Å². The number of benzene rings is 2. The van der Waals surface area contributed by atoms with Gasteiger partial charge in [-0.3, -0.25) is 19.3 Å². The van der Waals surface area contributed by atoms with Crippen LogP contribution in [-0.2, 0) is 19.1 Å². The van der Waals surface area contributed by atoms with Gasteiger partial charge in [-0.1, -0.05) is 36.0 Å². The number of amidine groups is 1. The number of ether oxygens (including phenoxy) is 2. The number of carbonyl (C=O) groups is 5. The van der Waals surface area contributed by atoms with Gasteiger partial charge in [0.1, 0.15) is 5.60 Å². The van der Waals surface area contributed by atoms with Gasteiger partial charge in [0.15, 0.2) is 5.17 Å². The summed E-state index contributed by atoms with van der Waals surface area (Å²) in [5.41, 5.74) is 0.237. The number of hydrogen-bond donors (Lipinski definition) is 2. The van der Waals surface area contributed by atoms with Crippen molar-refractivity contribution in [3.63, 3.8) is 0 Å². The molecule has 1 fully saturated rings. The molecular weight excluding hydrogens is 643 g/mol. The van der Waals surface area contributed by atoms with E-state index in [1.807, 2.05) is 0 Å². The van der Waals surface area contributed by atoms with Gasteiger partial charge in [0.05, 0.1) is 28.3 Å². The summed E-state index contributed by atoms with van der Waals surface area (Å²) in [6.45, 7) is 6.40. The third-order valence-corrected chi connectivity index (χ3v) is 7.58. The summed E-state index contributed by atoms with van der Waals surface area (Å²) in [5.74, 6) is -2.35. The number of nitrogens with one attached hydrogen (secondary N) is 2. The number of carbonyl (C=O) groups excluding carboxylic acids is 5. The Labute approximate surface area is 275 Å². The highest BCUT2D eigenvalue weighted by Gasteiger charge is 2.36. The molecule has 11 nitrogen and oxygen atoms in total. The zero-order valence-corrected chi connectivity index (χ0v) is 27.6. The number of methoxy groups -OCH3 is 1. The monoisotopic (exact) mass is 676 g/mol. The van der Waals surface area contributed by atoms with Gasteiger partial charge in [-0.15, -0.1) is 0 Å². The second kappa shape index (κ2) is 16.4. The number of unbranched alkanes of at least 4 members (excludes halogenated alkanes) is 3. The van der Waals surface area contributed by atoms with Crippen LogP contribution in [0.15, 0.2) is 58.4 Å². The van der Waals surface area contributed by atoms with E-state index in [2.05, 4.69) is 20.4 Å². The molecular formula is C31H34Cl2N4O7S. The fraction of sp³-hybridized carbons (Fsp3) is 0.355. The minimum Gasteiger partial charge on any atom is -0.466 e. The Morgan fingerprint density at radius 3 is 2.20 bits per heavy atom. The summed E-state index contributed by atoms with van der Waals surface area (Å²) in [7, 11) is 1.18. The fourth-order valence-corrected chi connectivity index (χ4v) is 5.35. The van der Waals surface area contributed by atoms with Gasteiger partial charge in [0.25, 0.3) is 17.7 Å². The van der Waals surface area contributed by atoms with Crippen molar-refractivity contribution in [2.75, 3.05) is 25.1 Å². The smallest absolute Gasteiger partial charge is 0.407 e. The van der Waals surface area contributed by atoms with Gasteiger partial charge in [0, 0.05) is 29.8 Å². The zero-order chi connectivity index (χ0) is 33.1. The first-order chi connectivity index (χ1) is 21.3. The predicted molar refractivity (Wildman–Crippen MR) is 175 cm³/mol. The number of esters is 1. The topological polar surface area (TPSA) is 143 Å². The van der Waals surface area contributed by atoms with Crippen LogP contribution in [0.1, 0.15) is 67.2 Å². The molecule has 1 saturated heterocycles. The van der Waals surface area contributed by atoms with Crippen LogP contribution >= 0.6 is 35.0 Å². The van der Waals surface area contributed by atoms with Crippen LogP contribution in [0.5, 0.6) is 0 Å². The van der Waals surface area contributed by atoms with E-state index >= 15 is 0 Å². The first-order valence-electron chi connectivity index (χ1n) is 14.0. The molecule has 0 saturated carbocycles. The third kappa shape index (κ3) is 10.9. The Kier molecular flexibility index (Phi) is 13.0. The van der Waals surface area contributed by atoms with Gasteiger partial charge in [0.2, 0.25) is 0 Å². The highest BCUT2D eigenvalue weighted by atomic mass is 35.5. The molecule has 14 heteroatoms. The molecule has 240 valence electrons. The van der Waals surface area contributed by atoms with E-state index in [0.717, 1.165) is 43.5 Å². The second-order valence-electron chi connectivity index (χ2n) is 10.7. The molecule has 0 bridgehead atoms. The van der Waals surface area contributed by atoms with Crippen LogP contribution in [0.25, 0.3) is 0 Å². The van der Waals surface area contributed by atoms with Crippen molar-refractivity contribution in [2.24, 2.45) is 4.99 Å². The Hall–Kier alpha value is -3.87. The number of alkyl carbamates (subject to hydrolysis) is 1. The lowest BCUT2D eigenvalue weighted by atomic mass is 10.1. The first kappa shape index (κ1) is 35.6. The van der Waals surface area contributed by atoms with Crippen molar-refractivity contribution in [3.8, 4) is 0 Å². The average molecular weight is 678 g/mol. The average Bonchev–Trinajstić information content (AvgIpc) is 3.26. The maximum atomic E-state index is 13.3. The molecule has 45 heavy (non-hydrogen) atoms. The number of amides is 4. The SMILES string of the molecule is COC(=O)C=C1SC(=NC(=O)c2ccc(Cl)cc2Cl)N(c2ccc(C(=O)NCCCCCCNC(=O)OC(C)(C)C)cc2)C1=O. The molecule has 1 heterocycles. The quantitative estimate of drug-likeness (QED) is 0.164. The number of aliphatic imine (C=N–C) groups is 1. The highest BCUT2D eigenvalue weighted by molar-refractivity contribution is 8.19. The maximum Gasteiger partial charge on any atom is 0.407 e. The molecule has 0 aromatic heterocycles. The van der Waals surface area contributed by atoms with E-state index in [4.69, 9.17) is 27.9 Å². The number of hydrogen-bond acceptors (Lipinski definition) is 8. The van der Waals surface area contributed by atoms with Crippen LogP contribution < -0.4 is 15.5 Å². The molecule has 0 unspecified atom stereocenters. The normalized spacial score (nSPS) is 14.9. The van der Waals surface area contributed by atoms with Crippen molar-refractivity contribution >= 4 is 75.6 Å². The molecule has 2 aromatic rings. The molecule has 0 radical (unpaired) electrons. The van der Waals surface area contributed by atoms with Crippen LogP contribution in [-0.4, -0.2) is 60.8 Å². The Balaban J connectivity index is 1.60. The van der Waals surface area contributed by atoms with Gasteiger partial charge >= 0.3 is 12.1 Å². The lowest BCUT2D eigenvalue weighted by Crippen LogP contribution is -2.33. The standard InChI is InChI=1S/C31H34Cl2N4O7S/c1-31(2,3)44-30(42)35-16-8-6-5-7-15-34-26(39)19-9-12-21(13-10-19)37-28(41)24(18-25(38)43-4)45-29(37)36-27(40)22-14-11-20(32)17-23(22)33/h9-14,17-18H,5-8,15-16H2,1-4H3,(H,34,39)(H,35,42).